The Balaban J connectivity index is 2.96. The van der Waals surface area contributed by atoms with E-state index in [0.29, 0.717) is 0 Å². The van der Waals surface area contributed by atoms with E-state index in [1.807, 2.05) is 0 Å². The molecule has 0 aliphatic heterocycles. The fourth-order valence-corrected chi connectivity index (χ4v) is 0.368. The van der Waals surface area contributed by atoms with Crippen LogP contribution in [0, 0.1) is 0 Å². The van der Waals surface area contributed by atoms with E-state index in [-0.39, 0.29) is 5.28 Å². The minimum atomic E-state index is -2.28. The van der Waals surface area contributed by atoms with Crippen molar-refractivity contribution in [1.82, 2.24) is 14.8 Å². The van der Waals surface area contributed by atoms with Gasteiger partial charge < -0.3 is 0 Å². The Morgan fingerprint density at radius 2 is 3.00 bits per heavy atom. The topological polar surface area (TPSA) is 30.7 Å². The lowest BCUT2D eigenvalue weighted by atomic mass is 11.2. The maximum absolute atomic E-state index is 6.82. The average molecular weight is 121 g/mol. The molecule has 0 amide bonds. The van der Waals surface area contributed by atoms with Gasteiger partial charge in [-0.15, -0.1) is 5.10 Å². The number of rotatable bonds is 0. The summed E-state index contributed by atoms with van der Waals surface area (Å²) in [6.07, 6.45) is 1.06. The van der Waals surface area contributed by atoms with E-state index in [2.05, 4.69) is 10.1 Å². The van der Waals surface area contributed by atoms with Crippen LogP contribution in [0.5, 0.6) is 0 Å². The Kier molecular flexibility index (Phi) is 0.457. The Hall–Kier alpha value is -0.570. The van der Waals surface area contributed by atoms with Gasteiger partial charge in [-0.05, 0) is 11.6 Å². The molecule has 7 heavy (non-hydrogen) atoms. The molecule has 0 atom stereocenters. The Labute approximate surface area is 50.1 Å². The second kappa shape index (κ2) is 1.50. The first kappa shape index (κ1) is 2.13. The summed E-state index contributed by atoms with van der Waals surface area (Å²) in [7, 11) is 0. The van der Waals surface area contributed by atoms with Gasteiger partial charge in [0.25, 0.3) is 0 Å². The summed E-state index contributed by atoms with van der Waals surface area (Å²) >= 11 is 5.27. The third-order valence-electron chi connectivity index (χ3n) is 0.464. The van der Waals surface area contributed by atoms with Crippen molar-refractivity contribution >= 4 is 11.6 Å². The summed E-state index contributed by atoms with van der Waals surface area (Å²) in [5.74, 6) is 0. The van der Waals surface area contributed by atoms with Crippen LogP contribution in [0.15, 0.2) is 6.33 Å². The molecule has 0 aliphatic rings. The van der Waals surface area contributed by atoms with Crippen molar-refractivity contribution in [3.05, 3.63) is 11.6 Å². The lowest BCUT2D eigenvalue weighted by molar-refractivity contribution is 0.766. The maximum Gasteiger partial charge on any atom is 0.242 e. The van der Waals surface area contributed by atoms with Gasteiger partial charge in [-0.25, -0.2) is 4.98 Å². The van der Waals surface area contributed by atoms with Crippen molar-refractivity contribution in [3.8, 4) is 0 Å². The molecular weight excluding hydrogens is 114 g/mol. The summed E-state index contributed by atoms with van der Waals surface area (Å²) < 4.78 is 21.2. The van der Waals surface area contributed by atoms with Crippen molar-refractivity contribution in [2.75, 3.05) is 0 Å². The first-order chi connectivity index (χ1) is 4.50. The van der Waals surface area contributed by atoms with Gasteiger partial charge >= 0.3 is 0 Å². The van der Waals surface area contributed by atoms with E-state index >= 15 is 0 Å². The Morgan fingerprint density at radius 3 is 3.29 bits per heavy atom. The van der Waals surface area contributed by atoms with Gasteiger partial charge in [-0.2, -0.15) is 0 Å². The number of hydrogen-bond acceptors (Lipinski definition) is 2. The number of hydrogen-bond donors (Lipinski definition) is 0. The van der Waals surface area contributed by atoms with Crippen molar-refractivity contribution < 1.29 is 4.11 Å². The normalized spacial score (nSPS) is 17.6. The van der Waals surface area contributed by atoms with Crippen LogP contribution >= 0.6 is 11.6 Å². The Morgan fingerprint density at radius 1 is 2.14 bits per heavy atom. The van der Waals surface area contributed by atoms with Gasteiger partial charge in [0.05, 0.1) is 0 Å². The fraction of sp³-hybridized carbons (Fsp3) is 0.333. The molecule has 1 aromatic rings. The third-order valence-corrected chi connectivity index (χ3v) is 0.637. The summed E-state index contributed by atoms with van der Waals surface area (Å²) in [6, 6.07) is 0. The molecule has 0 radical (unpaired) electrons. The molecule has 0 saturated carbocycles. The molecule has 0 aromatic carbocycles. The molecule has 0 bridgehead atoms. The van der Waals surface area contributed by atoms with Crippen LogP contribution in [-0.2, 0) is 6.98 Å². The second-order valence-corrected chi connectivity index (χ2v) is 1.30. The third kappa shape index (κ3) is 0.899. The highest BCUT2D eigenvalue weighted by Crippen LogP contribution is 1.92. The van der Waals surface area contributed by atoms with Crippen LogP contribution in [0.25, 0.3) is 0 Å². The number of halogens is 1. The van der Waals surface area contributed by atoms with Crippen LogP contribution in [-0.4, -0.2) is 14.8 Å². The van der Waals surface area contributed by atoms with Crippen LogP contribution in [0.4, 0.5) is 0 Å². The van der Waals surface area contributed by atoms with Gasteiger partial charge in [0, 0.05) is 11.1 Å². The minimum Gasteiger partial charge on any atom is -0.254 e. The predicted molar refractivity (Wildman–Crippen MR) is 26.0 cm³/mol. The molecule has 0 fully saturated rings. The number of aromatic nitrogens is 3. The quantitative estimate of drug-likeness (QED) is 0.498. The molecule has 0 aliphatic carbocycles. The van der Waals surface area contributed by atoms with Gasteiger partial charge in [0.2, 0.25) is 5.28 Å². The summed E-state index contributed by atoms with van der Waals surface area (Å²) in [5.41, 5.74) is 0. The lowest BCUT2D eigenvalue weighted by Crippen LogP contribution is -1.84. The molecular formula is C3H4ClN3. The first-order valence-electron chi connectivity index (χ1n) is 3.08. The highest BCUT2D eigenvalue weighted by molar-refractivity contribution is 6.28. The van der Waals surface area contributed by atoms with E-state index in [1.54, 1.807) is 0 Å². The SMILES string of the molecule is [2H]C([2H])([2H])n1cnc(Cl)n1. The van der Waals surface area contributed by atoms with Gasteiger partial charge in [0.1, 0.15) is 6.33 Å². The van der Waals surface area contributed by atoms with E-state index in [4.69, 9.17) is 15.7 Å². The average Bonchev–Trinajstić information content (AvgIpc) is 2.11. The minimum absolute atomic E-state index is 0.0591. The maximum atomic E-state index is 6.82. The smallest absolute Gasteiger partial charge is 0.242 e. The number of nitrogens with zero attached hydrogens (tertiary/aromatic N) is 3. The molecule has 1 heterocycles. The largest absolute Gasteiger partial charge is 0.254 e. The molecule has 3 nitrogen and oxygen atoms in total. The molecule has 1 rings (SSSR count). The molecule has 0 saturated heterocycles. The molecule has 0 spiro atoms. The summed E-state index contributed by atoms with van der Waals surface area (Å²) in [4.78, 5) is 3.44. The number of aryl methyl sites for hydroxylation is 1. The van der Waals surface area contributed by atoms with Gasteiger partial charge in [0.15, 0.2) is 0 Å². The van der Waals surface area contributed by atoms with Crippen LogP contribution in [0.1, 0.15) is 4.11 Å². The van der Waals surface area contributed by atoms with Crippen LogP contribution in [0.2, 0.25) is 5.28 Å². The molecule has 38 valence electrons. The Bertz CT molecular complexity index is 229. The van der Waals surface area contributed by atoms with Crippen molar-refractivity contribution in [2.45, 2.75) is 0 Å². The monoisotopic (exact) mass is 120 g/mol. The van der Waals surface area contributed by atoms with E-state index in [1.165, 1.54) is 0 Å². The van der Waals surface area contributed by atoms with E-state index in [0.717, 1.165) is 11.0 Å². The van der Waals surface area contributed by atoms with Gasteiger partial charge in [-0.1, -0.05) is 0 Å². The highest BCUT2D eigenvalue weighted by atomic mass is 35.5. The van der Waals surface area contributed by atoms with Crippen molar-refractivity contribution in [3.63, 3.8) is 0 Å². The van der Waals surface area contributed by atoms with Crippen LogP contribution < -0.4 is 0 Å². The zero-order chi connectivity index (χ0) is 7.78. The van der Waals surface area contributed by atoms with E-state index < -0.39 is 6.98 Å². The fourth-order valence-electron chi connectivity index (χ4n) is 0.243. The molecule has 4 heteroatoms. The highest BCUT2D eigenvalue weighted by Gasteiger charge is 1.86. The molecule has 0 N–H and O–H groups in total. The van der Waals surface area contributed by atoms with E-state index in [9.17, 15) is 0 Å². The van der Waals surface area contributed by atoms with Crippen molar-refractivity contribution in [1.29, 1.82) is 0 Å². The zero-order valence-electron chi connectivity index (χ0n) is 6.30. The summed E-state index contributed by atoms with van der Waals surface area (Å²) in [5, 5.41) is 3.33. The zero-order valence-corrected chi connectivity index (χ0v) is 4.05. The second-order valence-electron chi connectivity index (χ2n) is 0.958. The predicted octanol–water partition coefficient (Wildman–Crippen LogP) is 0.468. The lowest BCUT2D eigenvalue weighted by Gasteiger charge is -1.75. The van der Waals surface area contributed by atoms with Crippen LogP contribution in [0.3, 0.4) is 0 Å². The summed E-state index contributed by atoms with van der Waals surface area (Å²) in [6.45, 7) is -2.28. The first-order valence-corrected chi connectivity index (χ1v) is 1.95. The van der Waals surface area contributed by atoms with Gasteiger partial charge in [-0.3, -0.25) is 4.68 Å². The molecule has 1 aromatic heterocycles. The standard InChI is InChI=1S/C3H4ClN3/c1-7-2-5-3(4)6-7/h2H,1H3/i1D3. The van der Waals surface area contributed by atoms with Crippen molar-refractivity contribution in [2.24, 2.45) is 6.98 Å². The molecule has 0 unspecified atom stereocenters.